The van der Waals surface area contributed by atoms with Gasteiger partial charge in [-0.25, -0.2) is 4.63 Å². The van der Waals surface area contributed by atoms with Crippen LogP contribution in [0.5, 0.6) is 0 Å². The van der Waals surface area contributed by atoms with E-state index in [0.717, 1.165) is 42.3 Å². The van der Waals surface area contributed by atoms with Crippen LogP contribution < -0.4 is 10.6 Å². The number of para-hydroxylation sites is 1. The predicted octanol–water partition coefficient (Wildman–Crippen LogP) is 3.77. The summed E-state index contributed by atoms with van der Waals surface area (Å²) in [4.78, 5) is 30.0. The number of nitrogens with one attached hydrogen (secondary N) is 2. The Morgan fingerprint density at radius 2 is 1.84 bits per heavy atom. The average Bonchev–Trinajstić information content (AvgIpc) is 3.22. The van der Waals surface area contributed by atoms with Crippen LogP contribution in [0.15, 0.2) is 35.0 Å². The normalized spacial score (nSPS) is 18.6. The number of hydrogen-bond acceptors (Lipinski definition) is 6. The van der Waals surface area contributed by atoms with Crippen LogP contribution in [0.3, 0.4) is 0 Å². The second-order valence-corrected chi connectivity index (χ2v) is 8.87. The first-order chi connectivity index (χ1) is 15.4. The quantitative estimate of drug-likeness (QED) is 0.610. The lowest BCUT2D eigenvalue weighted by Gasteiger charge is -2.28. The Kier molecular flexibility index (Phi) is 6.48. The fourth-order valence-corrected chi connectivity index (χ4v) is 4.35. The van der Waals surface area contributed by atoms with Crippen LogP contribution in [-0.4, -0.2) is 39.7 Å². The maximum atomic E-state index is 12.8. The molecule has 0 aliphatic heterocycles. The summed E-state index contributed by atoms with van der Waals surface area (Å²) in [5, 5.41) is 14.1. The van der Waals surface area contributed by atoms with E-state index in [2.05, 4.69) is 25.6 Å². The molecule has 2 aromatic heterocycles. The SMILES string of the molecule is Cc1nonc1C(=O)NCC1CCC(c2cc(C(=O)NC(C)C)c3ccccc3n2)CC1. The Hall–Kier alpha value is -3.29. The summed E-state index contributed by atoms with van der Waals surface area (Å²) in [6.45, 7) is 6.22. The molecule has 8 nitrogen and oxygen atoms in total. The molecule has 1 saturated carbocycles. The summed E-state index contributed by atoms with van der Waals surface area (Å²) in [5.74, 6) is 0.399. The van der Waals surface area contributed by atoms with Gasteiger partial charge in [-0.15, -0.1) is 0 Å². The number of hydrogen-bond donors (Lipinski definition) is 2. The van der Waals surface area contributed by atoms with Crippen molar-refractivity contribution in [3.8, 4) is 0 Å². The fraction of sp³-hybridized carbons (Fsp3) is 0.458. The van der Waals surface area contributed by atoms with Crippen molar-refractivity contribution < 1.29 is 14.2 Å². The number of aryl methyl sites for hydroxylation is 1. The summed E-state index contributed by atoms with van der Waals surface area (Å²) < 4.78 is 4.60. The van der Waals surface area contributed by atoms with Gasteiger partial charge in [0.15, 0.2) is 5.69 Å². The zero-order valence-electron chi connectivity index (χ0n) is 18.7. The minimum Gasteiger partial charge on any atom is -0.350 e. The monoisotopic (exact) mass is 435 g/mol. The van der Waals surface area contributed by atoms with Crippen LogP contribution in [0.1, 0.15) is 77.7 Å². The molecule has 2 N–H and O–H groups in total. The Balaban J connectivity index is 1.43. The minimum absolute atomic E-state index is 0.0612. The maximum Gasteiger partial charge on any atom is 0.275 e. The number of carbonyl (C=O) groups is 2. The van der Waals surface area contributed by atoms with E-state index in [1.807, 2.05) is 44.2 Å². The van der Waals surface area contributed by atoms with E-state index in [4.69, 9.17) is 4.98 Å². The largest absolute Gasteiger partial charge is 0.350 e. The van der Waals surface area contributed by atoms with Crippen molar-refractivity contribution in [3.63, 3.8) is 0 Å². The molecule has 2 amide bonds. The highest BCUT2D eigenvalue weighted by atomic mass is 16.6. The first-order valence-electron chi connectivity index (χ1n) is 11.2. The Morgan fingerprint density at radius 3 is 2.53 bits per heavy atom. The van der Waals surface area contributed by atoms with Crippen molar-refractivity contribution in [2.75, 3.05) is 6.54 Å². The zero-order chi connectivity index (χ0) is 22.7. The van der Waals surface area contributed by atoms with Gasteiger partial charge in [-0.3, -0.25) is 14.6 Å². The molecule has 2 heterocycles. The number of pyridine rings is 1. The van der Waals surface area contributed by atoms with Crippen molar-refractivity contribution in [1.29, 1.82) is 0 Å². The molecule has 4 rings (SSSR count). The van der Waals surface area contributed by atoms with E-state index in [0.29, 0.717) is 29.6 Å². The van der Waals surface area contributed by atoms with Crippen LogP contribution >= 0.6 is 0 Å². The lowest BCUT2D eigenvalue weighted by atomic mass is 9.80. The third-order valence-corrected chi connectivity index (χ3v) is 6.08. The van der Waals surface area contributed by atoms with Crippen molar-refractivity contribution in [2.45, 2.75) is 58.4 Å². The Morgan fingerprint density at radius 1 is 1.09 bits per heavy atom. The number of carbonyl (C=O) groups excluding carboxylic acids is 2. The molecule has 3 aromatic rings. The summed E-state index contributed by atoms with van der Waals surface area (Å²) >= 11 is 0. The molecule has 0 unspecified atom stereocenters. The van der Waals surface area contributed by atoms with E-state index < -0.39 is 0 Å². The summed E-state index contributed by atoms with van der Waals surface area (Å²) in [7, 11) is 0. The molecule has 8 heteroatoms. The molecular formula is C24H29N5O3. The van der Waals surface area contributed by atoms with Gasteiger partial charge in [0.25, 0.3) is 11.8 Å². The van der Waals surface area contributed by atoms with Crippen LogP contribution in [-0.2, 0) is 0 Å². The van der Waals surface area contributed by atoms with E-state index in [1.165, 1.54) is 0 Å². The van der Waals surface area contributed by atoms with E-state index in [1.54, 1.807) is 6.92 Å². The zero-order valence-corrected chi connectivity index (χ0v) is 18.7. The molecule has 168 valence electrons. The van der Waals surface area contributed by atoms with E-state index >= 15 is 0 Å². The second kappa shape index (κ2) is 9.46. The van der Waals surface area contributed by atoms with Gasteiger partial charge in [-0.05, 0) is 69.7 Å². The summed E-state index contributed by atoms with van der Waals surface area (Å²) in [6, 6.07) is 9.84. The Bertz CT molecular complexity index is 1120. The number of aromatic nitrogens is 3. The lowest BCUT2D eigenvalue weighted by Crippen LogP contribution is -2.32. The van der Waals surface area contributed by atoms with Crippen LogP contribution in [0.4, 0.5) is 0 Å². The molecular weight excluding hydrogens is 406 g/mol. The van der Waals surface area contributed by atoms with Gasteiger partial charge in [-0.2, -0.15) is 0 Å². The predicted molar refractivity (Wildman–Crippen MR) is 120 cm³/mol. The molecule has 0 saturated heterocycles. The maximum absolute atomic E-state index is 12.8. The molecule has 1 aromatic carbocycles. The fourth-order valence-electron chi connectivity index (χ4n) is 4.35. The first kappa shape index (κ1) is 21.9. The molecule has 0 spiro atoms. The van der Waals surface area contributed by atoms with Crippen molar-refractivity contribution in [3.05, 3.63) is 53.0 Å². The van der Waals surface area contributed by atoms with Crippen molar-refractivity contribution in [1.82, 2.24) is 25.9 Å². The van der Waals surface area contributed by atoms with Crippen LogP contribution in [0.2, 0.25) is 0 Å². The average molecular weight is 436 g/mol. The van der Waals surface area contributed by atoms with Crippen molar-refractivity contribution in [2.24, 2.45) is 5.92 Å². The third kappa shape index (κ3) is 4.79. The highest BCUT2D eigenvalue weighted by molar-refractivity contribution is 6.06. The van der Waals surface area contributed by atoms with Gasteiger partial charge >= 0.3 is 0 Å². The standard InChI is InChI=1S/C24H29N5O3/c1-14(2)26-23(30)19-12-21(27-20-7-5-4-6-18(19)20)17-10-8-16(9-11-17)13-25-24(31)22-15(3)28-32-29-22/h4-7,12,14,16-17H,8-11,13H2,1-3H3,(H,25,31)(H,26,30). The first-order valence-corrected chi connectivity index (χ1v) is 11.2. The van der Waals surface area contributed by atoms with Crippen LogP contribution in [0, 0.1) is 12.8 Å². The van der Waals surface area contributed by atoms with Gasteiger partial charge in [0.2, 0.25) is 0 Å². The molecule has 32 heavy (non-hydrogen) atoms. The molecule has 1 aliphatic carbocycles. The van der Waals surface area contributed by atoms with Gasteiger partial charge in [0, 0.05) is 29.6 Å². The third-order valence-electron chi connectivity index (χ3n) is 6.08. The lowest BCUT2D eigenvalue weighted by molar-refractivity contribution is 0.0929. The van der Waals surface area contributed by atoms with E-state index in [9.17, 15) is 9.59 Å². The van der Waals surface area contributed by atoms with E-state index in [-0.39, 0.29) is 23.6 Å². The number of fused-ring (bicyclic) bond motifs is 1. The van der Waals surface area contributed by atoms with Gasteiger partial charge < -0.3 is 10.6 Å². The van der Waals surface area contributed by atoms with Crippen molar-refractivity contribution >= 4 is 22.7 Å². The topological polar surface area (TPSA) is 110 Å². The Labute approximate surface area is 187 Å². The van der Waals surface area contributed by atoms with Gasteiger partial charge in [0.05, 0.1) is 11.1 Å². The number of benzene rings is 1. The van der Waals surface area contributed by atoms with Gasteiger partial charge in [-0.1, -0.05) is 23.4 Å². The highest BCUT2D eigenvalue weighted by Gasteiger charge is 2.26. The molecule has 0 bridgehead atoms. The van der Waals surface area contributed by atoms with Crippen LogP contribution in [0.25, 0.3) is 10.9 Å². The number of nitrogens with zero attached hydrogens (tertiary/aromatic N) is 3. The highest BCUT2D eigenvalue weighted by Crippen LogP contribution is 2.36. The summed E-state index contributed by atoms with van der Waals surface area (Å²) in [6.07, 6.45) is 3.93. The molecule has 1 aliphatic rings. The number of amides is 2. The number of rotatable bonds is 6. The van der Waals surface area contributed by atoms with Gasteiger partial charge in [0.1, 0.15) is 5.69 Å². The molecule has 0 radical (unpaired) electrons. The molecule has 1 fully saturated rings. The summed E-state index contributed by atoms with van der Waals surface area (Å²) in [5.41, 5.74) is 3.25. The minimum atomic E-state index is -0.247. The molecule has 0 atom stereocenters. The second-order valence-electron chi connectivity index (χ2n) is 8.87. The smallest absolute Gasteiger partial charge is 0.275 e.